The number of ketones is 1. The Labute approximate surface area is 184 Å². The van der Waals surface area contributed by atoms with Crippen LogP contribution in [0.3, 0.4) is 0 Å². The number of fused-ring (bicyclic) bond motifs is 5. The fourth-order valence-electron chi connectivity index (χ4n) is 7.83. The van der Waals surface area contributed by atoms with Crippen LogP contribution < -0.4 is 0 Å². The molecule has 7 atom stereocenters. The van der Waals surface area contributed by atoms with Gasteiger partial charge in [-0.25, -0.2) is 4.39 Å². The molecule has 0 radical (unpaired) electrons. The van der Waals surface area contributed by atoms with Crippen molar-refractivity contribution in [3.63, 3.8) is 0 Å². The van der Waals surface area contributed by atoms with Crippen LogP contribution in [0.25, 0.3) is 0 Å². The number of allylic oxidation sites excluding steroid dienone is 4. The Morgan fingerprint density at radius 3 is 2.67 bits per heavy atom. The van der Waals surface area contributed by atoms with Gasteiger partial charge in [0.15, 0.2) is 11.5 Å². The molecule has 30 heavy (non-hydrogen) atoms. The normalized spacial score (nSPS) is 47.2. The van der Waals surface area contributed by atoms with Gasteiger partial charge in [-0.2, -0.15) is 11.8 Å². The number of alkyl halides is 1. The molecule has 4 aliphatic carbocycles. The fraction of sp³-hybridized carbons (Fsp3) is 0.760. The van der Waals surface area contributed by atoms with E-state index in [4.69, 9.17) is 4.74 Å². The van der Waals surface area contributed by atoms with E-state index in [1.54, 1.807) is 12.2 Å². The second-order valence-electron chi connectivity index (χ2n) is 10.3. The summed E-state index contributed by atoms with van der Waals surface area (Å²) in [6, 6.07) is 0. The minimum Gasteiger partial charge on any atom is -0.459 e. The van der Waals surface area contributed by atoms with Crippen LogP contribution in [0.2, 0.25) is 0 Å². The van der Waals surface area contributed by atoms with E-state index in [0.29, 0.717) is 12.8 Å². The molecule has 0 aromatic rings. The Balaban J connectivity index is 1.85. The van der Waals surface area contributed by atoms with Crippen molar-refractivity contribution < 1.29 is 18.7 Å². The minimum atomic E-state index is -1.69. The zero-order chi connectivity index (χ0) is 21.9. The molecule has 5 heteroatoms. The van der Waals surface area contributed by atoms with Crippen molar-refractivity contribution in [3.05, 3.63) is 23.8 Å². The molecular formula is C25H35FO3S. The Morgan fingerprint density at radius 2 is 2.03 bits per heavy atom. The van der Waals surface area contributed by atoms with Crippen molar-refractivity contribution in [2.75, 3.05) is 6.26 Å². The molecule has 3 fully saturated rings. The van der Waals surface area contributed by atoms with E-state index in [-0.39, 0.29) is 27.8 Å². The molecule has 0 aromatic carbocycles. The quantitative estimate of drug-likeness (QED) is 0.522. The van der Waals surface area contributed by atoms with E-state index in [0.717, 1.165) is 37.7 Å². The second kappa shape index (κ2) is 7.21. The Bertz CT molecular complexity index is 821. The summed E-state index contributed by atoms with van der Waals surface area (Å²) in [5, 5.41) is 0. The van der Waals surface area contributed by atoms with Gasteiger partial charge in [-0.3, -0.25) is 9.59 Å². The van der Waals surface area contributed by atoms with Crippen molar-refractivity contribution in [3.8, 4) is 0 Å². The lowest BCUT2D eigenvalue weighted by atomic mass is 9.45. The average molecular weight is 435 g/mol. The molecule has 166 valence electrons. The average Bonchev–Trinajstić information content (AvgIpc) is 2.96. The zero-order valence-electron chi connectivity index (χ0n) is 18.9. The molecular weight excluding hydrogens is 399 g/mol. The number of esters is 1. The highest BCUT2D eigenvalue weighted by molar-refractivity contribution is 8.00. The zero-order valence-corrected chi connectivity index (χ0v) is 19.7. The number of ether oxygens (including phenoxy) is 1. The molecule has 4 rings (SSSR count). The lowest BCUT2D eigenvalue weighted by molar-refractivity contribution is -0.211. The van der Waals surface area contributed by atoms with Crippen LogP contribution in [0.1, 0.15) is 72.6 Å². The molecule has 0 aromatic heterocycles. The van der Waals surface area contributed by atoms with Gasteiger partial charge in [0.25, 0.3) is 0 Å². The third-order valence-electron chi connectivity index (χ3n) is 9.26. The Morgan fingerprint density at radius 1 is 1.30 bits per heavy atom. The van der Waals surface area contributed by atoms with E-state index in [9.17, 15) is 9.59 Å². The first-order valence-electron chi connectivity index (χ1n) is 11.4. The van der Waals surface area contributed by atoms with Gasteiger partial charge >= 0.3 is 5.97 Å². The number of halogens is 1. The van der Waals surface area contributed by atoms with E-state index in [2.05, 4.69) is 20.1 Å². The van der Waals surface area contributed by atoms with Crippen molar-refractivity contribution in [1.82, 2.24) is 0 Å². The molecule has 0 amide bonds. The van der Waals surface area contributed by atoms with Crippen LogP contribution in [-0.4, -0.2) is 34.5 Å². The minimum absolute atomic E-state index is 0.0700. The number of hydrogen-bond donors (Lipinski definition) is 0. The van der Waals surface area contributed by atoms with Crippen LogP contribution in [0.4, 0.5) is 4.39 Å². The number of carbonyl (C=O) groups is 2. The molecule has 0 spiro atoms. The fourth-order valence-corrected chi connectivity index (χ4v) is 9.26. The molecule has 0 saturated heterocycles. The first kappa shape index (κ1) is 22.1. The van der Waals surface area contributed by atoms with Crippen LogP contribution >= 0.6 is 11.8 Å². The summed E-state index contributed by atoms with van der Waals surface area (Å²) in [5.74, 6) is -0.403. The van der Waals surface area contributed by atoms with Crippen molar-refractivity contribution >= 4 is 23.5 Å². The van der Waals surface area contributed by atoms with Gasteiger partial charge in [-0.05, 0) is 75.2 Å². The molecule has 0 aliphatic heterocycles. The predicted octanol–water partition coefficient (Wildman–Crippen LogP) is 5.83. The van der Waals surface area contributed by atoms with Gasteiger partial charge in [-0.1, -0.05) is 31.9 Å². The van der Waals surface area contributed by atoms with Gasteiger partial charge in [-0.15, -0.1) is 0 Å². The second-order valence-corrected chi connectivity index (χ2v) is 11.5. The number of carbonyl (C=O) groups excluding carboxylic acids is 2. The van der Waals surface area contributed by atoms with Gasteiger partial charge in [0.1, 0.15) is 6.10 Å². The third kappa shape index (κ3) is 2.69. The monoisotopic (exact) mass is 434 g/mol. The van der Waals surface area contributed by atoms with Gasteiger partial charge in [0.2, 0.25) is 0 Å². The van der Waals surface area contributed by atoms with Crippen LogP contribution in [0.5, 0.6) is 0 Å². The van der Waals surface area contributed by atoms with Crippen LogP contribution in [0, 0.1) is 22.7 Å². The summed E-state index contributed by atoms with van der Waals surface area (Å²) in [6.07, 6.45) is 12.6. The number of thioether (sulfide) groups is 1. The summed E-state index contributed by atoms with van der Waals surface area (Å²) in [6.45, 7) is 7.86. The van der Waals surface area contributed by atoms with E-state index in [1.165, 1.54) is 13.0 Å². The molecule has 0 heterocycles. The van der Waals surface area contributed by atoms with Crippen LogP contribution in [0.15, 0.2) is 23.8 Å². The van der Waals surface area contributed by atoms with E-state index in [1.807, 2.05) is 18.7 Å². The summed E-state index contributed by atoms with van der Waals surface area (Å²) in [5.41, 5.74) is -1.81. The maximum atomic E-state index is 17.6. The van der Waals surface area contributed by atoms with Gasteiger partial charge in [0, 0.05) is 23.0 Å². The van der Waals surface area contributed by atoms with Crippen LogP contribution in [-0.2, 0) is 14.3 Å². The van der Waals surface area contributed by atoms with Crippen molar-refractivity contribution in [2.45, 2.75) is 89.2 Å². The third-order valence-corrected chi connectivity index (χ3v) is 10.9. The lowest BCUT2D eigenvalue weighted by Crippen LogP contribution is -2.68. The molecule has 0 unspecified atom stereocenters. The molecule has 4 aliphatic rings. The van der Waals surface area contributed by atoms with Crippen molar-refractivity contribution in [1.29, 1.82) is 0 Å². The first-order chi connectivity index (χ1) is 14.1. The topological polar surface area (TPSA) is 43.4 Å². The SMILES string of the molecule is CCC[C@@]1(SC)CC[C@H]2[C@@H]3CCC4=CC(=O)C=C[C@]4(C)[C@@]3(F)[C@@H](OC(C)=O)C[C@@]21C. The summed E-state index contributed by atoms with van der Waals surface area (Å²) in [4.78, 5) is 24.2. The molecule has 0 bridgehead atoms. The standard InChI is InChI=1S/C25H35FO3S/c1-6-11-24(30-5)13-10-19-20-8-7-17-14-18(28)9-12-22(17,3)25(20,26)21(29-16(2)27)15-23(19,24)4/h9,12,14,19-21H,6-8,10-11,13,15H2,1-5H3/t19-,20-,21-,22-,23-,24+,25-/m0/s1. The maximum absolute atomic E-state index is 17.6. The summed E-state index contributed by atoms with van der Waals surface area (Å²) < 4.78 is 23.5. The van der Waals surface area contributed by atoms with E-state index >= 15 is 4.39 Å². The maximum Gasteiger partial charge on any atom is 0.303 e. The molecule has 0 N–H and O–H groups in total. The molecule has 3 nitrogen and oxygen atoms in total. The highest BCUT2D eigenvalue weighted by atomic mass is 32.2. The highest BCUT2D eigenvalue weighted by Crippen LogP contribution is 2.72. The molecule has 3 saturated carbocycles. The Hall–Kier alpha value is -1.10. The summed E-state index contributed by atoms with van der Waals surface area (Å²) >= 11 is 1.94. The first-order valence-corrected chi connectivity index (χ1v) is 12.7. The lowest BCUT2D eigenvalue weighted by Gasteiger charge is -2.63. The smallest absolute Gasteiger partial charge is 0.303 e. The predicted molar refractivity (Wildman–Crippen MR) is 119 cm³/mol. The summed E-state index contributed by atoms with van der Waals surface area (Å²) in [7, 11) is 0. The number of rotatable bonds is 4. The largest absolute Gasteiger partial charge is 0.459 e. The van der Waals surface area contributed by atoms with Crippen molar-refractivity contribution in [2.24, 2.45) is 22.7 Å². The highest BCUT2D eigenvalue weighted by Gasteiger charge is 2.73. The Kier molecular flexibility index (Phi) is 5.32. The number of hydrogen-bond acceptors (Lipinski definition) is 4. The van der Waals surface area contributed by atoms with Gasteiger partial charge < -0.3 is 4.74 Å². The van der Waals surface area contributed by atoms with E-state index < -0.39 is 23.2 Å². The van der Waals surface area contributed by atoms with Gasteiger partial charge in [0.05, 0.1) is 0 Å².